The highest BCUT2D eigenvalue weighted by Gasteiger charge is 2.27. The van der Waals surface area contributed by atoms with Crippen LogP contribution in [0.25, 0.3) is 0 Å². The molecule has 0 radical (unpaired) electrons. The molecule has 2 unspecified atom stereocenters. The standard InChI is InChI=1S/C12H18S/c1-12(6-3-2-4-7-12)9-11-5-8-13-10-11/h2-4,6,11H,5,7-10H2,1H3. The van der Waals surface area contributed by atoms with Gasteiger partial charge in [0.1, 0.15) is 0 Å². The average molecular weight is 194 g/mol. The molecule has 0 amide bonds. The molecule has 0 spiro atoms. The van der Waals surface area contributed by atoms with Crippen LogP contribution in [0.5, 0.6) is 0 Å². The van der Waals surface area contributed by atoms with Gasteiger partial charge in [0.25, 0.3) is 0 Å². The van der Waals surface area contributed by atoms with Gasteiger partial charge in [-0.3, -0.25) is 0 Å². The molecule has 1 saturated heterocycles. The lowest BCUT2D eigenvalue weighted by molar-refractivity contribution is 0.324. The Morgan fingerprint density at radius 2 is 2.38 bits per heavy atom. The maximum Gasteiger partial charge on any atom is -0.00385 e. The minimum absolute atomic E-state index is 0.463. The minimum atomic E-state index is 0.463. The van der Waals surface area contributed by atoms with Crippen LogP contribution in [-0.2, 0) is 0 Å². The molecule has 1 heteroatoms. The molecule has 0 nitrogen and oxygen atoms in total. The van der Waals surface area contributed by atoms with Crippen molar-refractivity contribution >= 4 is 11.8 Å². The van der Waals surface area contributed by atoms with Crippen LogP contribution < -0.4 is 0 Å². The Kier molecular flexibility index (Phi) is 2.83. The van der Waals surface area contributed by atoms with Gasteiger partial charge in [0.15, 0.2) is 0 Å². The molecule has 72 valence electrons. The van der Waals surface area contributed by atoms with Crippen molar-refractivity contribution in [2.75, 3.05) is 11.5 Å². The number of rotatable bonds is 2. The van der Waals surface area contributed by atoms with Gasteiger partial charge in [-0.25, -0.2) is 0 Å². The smallest absolute Gasteiger partial charge is 0.00385 e. The van der Waals surface area contributed by atoms with Gasteiger partial charge >= 0.3 is 0 Å². The molecule has 0 bridgehead atoms. The second-order valence-electron chi connectivity index (χ2n) is 4.58. The summed E-state index contributed by atoms with van der Waals surface area (Å²) >= 11 is 2.13. The lowest BCUT2D eigenvalue weighted by atomic mass is 9.76. The molecule has 2 rings (SSSR count). The van der Waals surface area contributed by atoms with Crippen molar-refractivity contribution in [3.05, 3.63) is 24.3 Å². The zero-order valence-electron chi connectivity index (χ0n) is 8.33. The summed E-state index contributed by atoms with van der Waals surface area (Å²) in [7, 11) is 0. The van der Waals surface area contributed by atoms with E-state index in [0.717, 1.165) is 5.92 Å². The van der Waals surface area contributed by atoms with E-state index in [-0.39, 0.29) is 0 Å². The van der Waals surface area contributed by atoms with Crippen molar-refractivity contribution in [1.29, 1.82) is 0 Å². The first-order valence-electron chi connectivity index (χ1n) is 5.21. The third-order valence-corrected chi connectivity index (χ3v) is 4.34. The summed E-state index contributed by atoms with van der Waals surface area (Å²) in [6.07, 6.45) is 13.2. The normalized spacial score (nSPS) is 38.4. The number of thioether (sulfide) groups is 1. The molecule has 0 aromatic rings. The summed E-state index contributed by atoms with van der Waals surface area (Å²) in [6.45, 7) is 2.40. The van der Waals surface area contributed by atoms with Crippen LogP contribution in [-0.4, -0.2) is 11.5 Å². The molecular weight excluding hydrogens is 176 g/mol. The van der Waals surface area contributed by atoms with E-state index in [1.165, 1.54) is 30.8 Å². The number of allylic oxidation sites excluding steroid dienone is 4. The van der Waals surface area contributed by atoms with Gasteiger partial charge in [-0.05, 0) is 42.1 Å². The van der Waals surface area contributed by atoms with Gasteiger partial charge in [-0.2, -0.15) is 11.8 Å². The first-order chi connectivity index (χ1) is 6.29. The molecule has 2 atom stereocenters. The molecule has 0 N–H and O–H groups in total. The molecule has 13 heavy (non-hydrogen) atoms. The highest BCUT2D eigenvalue weighted by molar-refractivity contribution is 7.99. The SMILES string of the molecule is CC1(CC2CCSC2)C=CC=CC1. The third-order valence-electron chi connectivity index (χ3n) is 3.11. The Labute approximate surface area is 85.5 Å². The van der Waals surface area contributed by atoms with E-state index < -0.39 is 0 Å². The van der Waals surface area contributed by atoms with Crippen molar-refractivity contribution in [1.82, 2.24) is 0 Å². The number of hydrogen-bond acceptors (Lipinski definition) is 1. The van der Waals surface area contributed by atoms with Crippen molar-refractivity contribution in [2.24, 2.45) is 11.3 Å². The Bertz CT molecular complexity index is 223. The molecule has 0 aromatic carbocycles. The molecule has 1 aliphatic carbocycles. The van der Waals surface area contributed by atoms with Gasteiger partial charge in [0, 0.05) is 0 Å². The van der Waals surface area contributed by atoms with E-state index in [1.807, 2.05) is 0 Å². The Morgan fingerprint density at radius 3 is 3.00 bits per heavy atom. The van der Waals surface area contributed by atoms with Crippen LogP contribution >= 0.6 is 11.8 Å². The fourth-order valence-corrected chi connectivity index (χ4v) is 3.61. The van der Waals surface area contributed by atoms with Crippen LogP contribution in [0.3, 0.4) is 0 Å². The highest BCUT2D eigenvalue weighted by atomic mass is 32.2. The number of hydrogen-bond donors (Lipinski definition) is 0. The largest absolute Gasteiger partial charge is 0.162 e. The molecular formula is C12H18S. The summed E-state index contributed by atoms with van der Waals surface area (Å²) in [4.78, 5) is 0. The lowest BCUT2D eigenvalue weighted by Gasteiger charge is -2.29. The Balaban J connectivity index is 1.92. The van der Waals surface area contributed by atoms with Crippen molar-refractivity contribution < 1.29 is 0 Å². The van der Waals surface area contributed by atoms with Crippen molar-refractivity contribution in [2.45, 2.75) is 26.2 Å². The predicted octanol–water partition coefficient (Wildman–Crippen LogP) is 3.65. The summed E-state index contributed by atoms with van der Waals surface area (Å²) < 4.78 is 0. The van der Waals surface area contributed by atoms with E-state index in [4.69, 9.17) is 0 Å². The third kappa shape index (κ3) is 2.40. The second kappa shape index (κ2) is 3.91. The van der Waals surface area contributed by atoms with E-state index in [2.05, 4.69) is 43.0 Å². The Morgan fingerprint density at radius 1 is 1.46 bits per heavy atom. The monoisotopic (exact) mass is 194 g/mol. The van der Waals surface area contributed by atoms with Crippen LogP contribution in [0, 0.1) is 11.3 Å². The summed E-state index contributed by atoms with van der Waals surface area (Å²) in [6, 6.07) is 0. The maximum absolute atomic E-state index is 2.40. The first-order valence-corrected chi connectivity index (χ1v) is 6.36. The first kappa shape index (κ1) is 9.39. The maximum atomic E-state index is 2.40. The summed E-state index contributed by atoms with van der Waals surface area (Å²) in [5, 5.41) is 0. The molecule has 0 aromatic heterocycles. The van der Waals surface area contributed by atoms with Gasteiger partial charge in [-0.15, -0.1) is 0 Å². The zero-order chi connectivity index (χ0) is 9.15. The molecule has 1 aliphatic heterocycles. The Hall–Kier alpha value is -0.170. The molecule has 1 heterocycles. The topological polar surface area (TPSA) is 0 Å². The van der Waals surface area contributed by atoms with Gasteiger partial charge < -0.3 is 0 Å². The summed E-state index contributed by atoms with van der Waals surface area (Å²) in [5.74, 6) is 3.76. The van der Waals surface area contributed by atoms with E-state index in [9.17, 15) is 0 Å². The van der Waals surface area contributed by atoms with Crippen LogP contribution in [0.2, 0.25) is 0 Å². The molecule has 2 aliphatic rings. The predicted molar refractivity (Wildman–Crippen MR) is 61.1 cm³/mol. The second-order valence-corrected chi connectivity index (χ2v) is 5.73. The van der Waals surface area contributed by atoms with Crippen molar-refractivity contribution in [3.63, 3.8) is 0 Å². The lowest BCUT2D eigenvalue weighted by Crippen LogP contribution is -2.18. The van der Waals surface area contributed by atoms with E-state index >= 15 is 0 Å². The zero-order valence-corrected chi connectivity index (χ0v) is 9.15. The van der Waals surface area contributed by atoms with E-state index in [1.54, 1.807) is 0 Å². The van der Waals surface area contributed by atoms with Gasteiger partial charge in [0.2, 0.25) is 0 Å². The minimum Gasteiger partial charge on any atom is -0.162 e. The summed E-state index contributed by atoms with van der Waals surface area (Å²) in [5.41, 5.74) is 0.463. The molecule has 0 saturated carbocycles. The van der Waals surface area contributed by atoms with Crippen LogP contribution in [0.1, 0.15) is 26.2 Å². The van der Waals surface area contributed by atoms with Crippen LogP contribution in [0.4, 0.5) is 0 Å². The van der Waals surface area contributed by atoms with Gasteiger partial charge in [0.05, 0.1) is 0 Å². The van der Waals surface area contributed by atoms with E-state index in [0.29, 0.717) is 5.41 Å². The van der Waals surface area contributed by atoms with Gasteiger partial charge in [-0.1, -0.05) is 31.2 Å². The highest BCUT2D eigenvalue weighted by Crippen LogP contribution is 2.38. The fourth-order valence-electron chi connectivity index (χ4n) is 2.33. The van der Waals surface area contributed by atoms with Crippen molar-refractivity contribution in [3.8, 4) is 0 Å². The average Bonchev–Trinajstić information content (AvgIpc) is 2.57. The fraction of sp³-hybridized carbons (Fsp3) is 0.667. The quantitative estimate of drug-likeness (QED) is 0.646. The van der Waals surface area contributed by atoms with Crippen LogP contribution in [0.15, 0.2) is 24.3 Å². The molecule has 1 fully saturated rings.